The molecule has 2 aromatic rings. The van der Waals surface area contributed by atoms with E-state index in [1.807, 2.05) is 24.6 Å². The molecule has 2 aromatic carbocycles. The summed E-state index contributed by atoms with van der Waals surface area (Å²) < 4.78 is 0. The van der Waals surface area contributed by atoms with Gasteiger partial charge in [0, 0.05) is 9.79 Å². The first kappa shape index (κ1) is 18.5. The van der Waals surface area contributed by atoms with Gasteiger partial charge in [0.05, 0.1) is 27.4 Å². The predicted molar refractivity (Wildman–Crippen MR) is 101 cm³/mol. The third kappa shape index (κ3) is 4.83. The van der Waals surface area contributed by atoms with Crippen molar-refractivity contribution in [2.75, 3.05) is 6.26 Å². The van der Waals surface area contributed by atoms with Crippen LogP contribution in [-0.2, 0) is 0 Å². The summed E-state index contributed by atoms with van der Waals surface area (Å²) in [5.41, 5.74) is 1.15. The Hall–Kier alpha value is -1.83. The summed E-state index contributed by atoms with van der Waals surface area (Å²) in [6.07, 6.45) is 3.63. The zero-order valence-electron chi connectivity index (χ0n) is 12.4. The maximum atomic E-state index is 8.83. The van der Waals surface area contributed by atoms with Crippen LogP contribution >= 0.6 is 46.7 Å². The zero-order chi connectivity index (χ0) is 17.5. The lowest BCUT2D eigenvalue weighted by Crippen LogP contribution is -2.12. The number of thioether (sulfide) groups is 1. The summed E-state index contributed by atoms with van der Waals surface area (Å²) in [5, 5.41) is 21.4. The zero-order valence-corrected chi connectivity index (χ0v) is 15.5. The quantitative estimate of drug-likeness (QED) is 0.326. The average molecular weight is 393 g/mol. The summed E-state index contributed by atoms with van der Waals surface area (Å²) in [6.45, 7) is 0. The third-order valence-electron chi connectivity index (χ3n) is 2.77. The highest BCUT2D eigenvalue weighted by molar-refractivity contribution is 8.13. The molecule has 0 aliphatic carbocycles. The van der Waals surface area contributed by atoms with Crippen molar-refractivity contribution in [3.63, 3.8) is 0 Å². The molecule has 0 heterocycles. The fourth-order valence-electron chi connectivity index (χ4n) is 1.71. The van der Waals surface area contributed by atoms with Gasteiger partial charge in [0.25, 0.3) is 0 Å². The van der Waals surface area contributed by atoms with Gasteiger partial charge in [0.15, 0.2) is 11.4 Å². The Kier molecular flexibility index (Phi) is 6.84. The van der Waals surface area contributed by atoms with E-state index in [9.17, 15) is 0 Å². The van der Waals surface area contributed by atoms with Gasteiger partial charge in [-0.3, -0.25) is 5.32 Å². The molecule has 0 amide bonds. The molecule has 1 N–H and O–H groups in total. The summed E-state index contributed by atoms with van der Waals surface area (Å²) in [4.78, 5) is 5.92. The third-order valence-corrected chi connectivity index (χ3v) is 5.33. The number of aliphatic imine (C=N–C) groups is 1. The maximum absolute atomic E-state index is 8.83. The molecule has 0 aliphatic heterocycles. The molecule has 0 fully saturated rings. The smallest absolute Gasteiger partial charge is 0.183 e. The lowest BCUT2D eigenvalue weighted by Gasteiger charge is -2.09. The Bertz CT molecular complexity index is 829. The van der Waals surface area contributed by atoms with Crippen molar-refractivity contribution < 1.29 is 0 Å². The van der Waals surface area contributed by atoms with Crippen molar-refractivity contribution in [2.24, 2.45) is 4.99 Å². The number of amidine groups is 1. The molecular formula is C16H10Cl2N4S2. The Morgan fingerprint density at radius 2 is 1.75 bits per heavy atom. The Labute approximate surface area is 158 Å². The molecule has 120 valence electrons. The van der Waals surface area contributed by atoms with Crippen LogP contribution in [0.25, 0.3) is 0 Å². The Morgan fingerprint density at radius 3 is 2.25 bits per heavy atom. The van der Waals surface area contributed by atoms with Crippen LogP contribution in [0.3, 0.4) is 0 Å². The number of rotatable bonds is 3. The molecule has 0 radical (unpaired) electrons. The lowest BCUT2D eigenvalue weighted by atomic mass is 10.2. The maximum Gasteiger partial charge on any atom is 0.183 e. The molecule has 0 atom stereocenters. The van der Waals surface area contributed by atoms with Crippen molar-refractivity contribution in [1.29, 1.82) is 10.5 Å². The molecule has 0 saturated heterocycles. The number of hydrogen-bond donors (Lipinski definition) is 1. The van der Waals surface area contributed by atoms with Gasteiger partial charge in [0.1, 0.15) is 0 Å². The standard InChI is InChI=1S/C16H10Cl2N4S2/c1-23-16(21-9-20)22-11-6-13(17)15(14(18)7-11)24-12-4-2-10(8-19)3-5-12/h2-7H,1H3,(H,21,22). The van der Waals surface area contributed by atoms with E-state index in [0.717, 1.165) is 4.90 Å². The first-order valence-corrected chi connectivity index (χ1v) is 9.32. The molecule has 0 aromatic heterocycles. The van der Waals surface area contributed by atoms with E-state index < -0.39 is 0 Å². The second-order valence-corrected chi connectivity index (χ2v) is 7.03. The van der Waals surface area contributed by atoms with Crippen LogP contribution < -0.4 is 5.32 Å². The number of benzene rings is 2. The molecule has 0 unspecified atom stereocenters. The van der Waals surface area contributed by atoms with Crippen LogP contribution in [0.15, 0.2) is 51.2 Å². The predicted octanol–water partition coefficient (Wildman–Crippen LogP) is 5.44. The van der Waals surface area contributed by atoms with Gasteiger partial charge in [-0.1, -0.05) is 46.7 Å². The van der Waals surface area contributed by atoms with E-state index in [2.05, 4.69) is 16.4 Å². The van der Waals surface area contributed by atoms with Gasteiger partial charge in [-0.15, -0.1) is 0 Å². The minimum absolute atomic E-state index is 0.456. The SMILES string of the molecule is CSC(=Nc1cc(Cl)c(Sc2ccc(C#N)cc2)c(Cl)c1)NC#N. The van der Waals surface area contributed by atoms with Gasteiger partial charge in [-0.2, -0.15) is 10.5 Å². The van der Waals surface area contributed by atoms with Crippen molar-refractivity contribution in [2.45, 2.75) is 9.79 Å². The van der Waals surface area contributed by atoms with E-state index in [0.29, 0.717) is 31.4 Å². The monoisotopic (exact) mass is 392 g/mol. The number of hydrogen-bond acceptors (Lipinski definition) is 5. The van der Waals surface area contributed by atoms with Crippen LogP contribution in [0.5, 0.6) is 0 Å². The van der Waals surface area contributed by atoms with Gasteiger partial charge in [-0.05, 0) is 42.7 Å². The highest BCUT2D eigenvalue weighted by Crippen LogP contribution is 2.41. The van der Waals surface area contributed by atoms with E-state index >= 15 is 0 Å². The molecule has 0 spiro atoms. The molecule has 24 heavy (non-hydrogen) atoms. The summed E-state index contributed by atoms with van der Waals surface area (Å²) in [7, 11) is 0. The fraction of sp³-hybridized carbons (Fsp3) is 0.0625. The summed E-state index contributed by atoms with van der Waals surface area (Å²) >= 11 is 15.4. The number of nitrogens with one attached hydrogen (secondary N) is 1. The van der Waals surface area contributed by atoms with Gasteiger partial charge in [0.2, 0.25) is 0 Å². The molecule has 4 nitrogen and oxygen atoms in total. The van der Waals surface area contributed by atoms with E-state index in [4.69, 9.17) is 33.7 Å². The van der Waals surface area contributed by atoms with Crippen molar-refractivity contribution >= 4 is 57.6 Å². The van der Waals surface area contributed by atoms with Crippen LogP contribution in [0.2, 0.25) is 10.0 Å². The second-order valence-electron chi connectivity index (χ2n) is 4.33. The number of nitrogens with zero attached hydrogens (tertiary/aromatic N) is 3. The van der Waals surface area contributed by atoms with E-state index in [1.54, 1.807) is 24.3 Å². The largest absolute Gasteiger partial charge is 0.271 e. The first-order valence-electron chi connectivity index (χ1n) is 6.52. The highest BCUT2D eigenvalue weighted by Gasteiger charge is 2.11. The second kappa shape index (κ2) is 8.86. The molecule has 2 rings (SSSR count). The lowest BCUT2D eigenvalue weighted by molar-refractivity contribution is 1.27. The van der Waals surface area contributed by atoms with Gasteiger partial charge in [-0.25, -0.2) is 4.99 Å². The average Bonchev–Trinajstić information content (AvgIpc) is 2.58. The number of halogens is 2. The highest BCUT2D eigenvalue weighted by atomic mass is 35.5. The van der Waals surface area contributed by atoms with Crippen molar-refractivity contribution in [3.05, 3.63) is 52.0 Å². The van der Waals surface area contributed by atoms with Gasteiger partial charge < -0.3 is 0 Å². The van der Waals surface area contributed by atoms with Gasteiger partial charge >= 0.3 is 0 Å². The van der Waals surface area contributed by atoms with E-state index in [1.165, 1.54) is 23.5 Å². The molecule has 8 heteroatoms. The summed E-state index contributed by atoms with van der Waals surface area (Å²) in [5.74, 6) is 0. The fourth-order valence-corrected chi connectivity index (χ4v) is 3.59. The summed E-state index contributed by atoms with van der Waals surface area (Å²) in [6, 6.07) is 12.6. The van der Waals surface area contributed by atoms with E-state index in [-0.39, 0.29) is 0 Å². The van der Waals surface area contributed by atoms with Crippen molar-refractivity contribution in [1.82, 2.24) is 5.32 Å². The van der Waals surface area contributed by atoms with Crippen LogP contribution in [-0.4, -0.2) is 11.4 Å². The van der Waals surface area contributed by atoms with Crippen LogP contribution in [0, 0.1) is 22.8 Å². The first-order chi connectivity index (χ1) is 11.6. The molecule has 0 saturated carbocycles. The minimum Gasteiger partial charge on any atom is -0.271 e. The topological polar surface area (TPSA) is 72.0 Å². The Balaban J connectivity index is 2.29. The minimum atomic E-state index is 0.456. The van der Waals surface area contributed by atoms with Crippen LogP contribution in [0.1, 0.15) is 5.56 Å². The van der Waals surface area contributed by atoms with Crippen molar-refractivity contribution in [3.8, 4) is 12.3 Å². The normalized spacial score (nSPS) is 10.8. The molecule has 0 aliphatic rings. The number of nitriles is 2. The molecular weight excluding hydrogens is 383 g/mol. The van der Waals surface area contributed by atoms with Crippen LogP contribution in [0.4, 0.5) is 5.69 Å². The molecule has 0 bridgehead atoms. The Morgan fingerprint density at radius 1 is 1.12 bits per heavy atom.